The first-order valence-electron chi connectivity index (χ1n) is 5.59. The van der Waals surface area contributed by atoms with E-state index in [2.05, 4.69) is 20.5 Å². The molecule has 0 bridgehead atoms. The Labute approximate surface area is 103 Å². The summed E-state index contributed by atoms with van der Waals surface area (Å²) >= 11 is 0. The number of aliphatic carboxylic acids is 1. The Morgan fingerprint density at radius 1 is 1.39 bits per heavy atom. The molecule has 0 atom stereocenters. The molecule has 0 saturated heterocycles. The molecule has 96 valence electrons. The van der Waals surface area contributed by atoms with Crippen LogP contribution in [-0.2, 0) is 24.2 Å². The van der Waals surface area contributed by atoms with Gasteiger partial charge >= 0.3 is 5.97 Å². The molecule has 2 rings (SSSR count). The van der Waals surface area contributed by atoms with Gasteiger partial charge < -0.3 is 9.52 Å². The number of aromatic nitrogens is 5. The summed E-state index contributed by atoms with van der Waals surface area (Å²) in [5, 5.41) is 24.0. The Hall–Kier alpha value is -2.25. The van der Waals surface area contributed by atoms with E-state index in [1.807, 2.05) is 6.92 Å². The van der Waals surface area contributed by atoms with Crippen LogP contribution < -0.4 is 0 Å². The van der Waals surface area contributed by atoms with E-state index < -0.39 is 5.97 Å². The van der Waals surface area contributed by atoms with E-state index in [-0.39, 0.29) is 6.42 Å². The van der Waals surface area contributed by atoms with Gasteiger partial charge in [-0.05, 0) is 0 Å². The minimum absolute atomic E-state index is 0.0409. The molecule has 0 aliphatic carbocycles. The van der Waals surface area contributed by atoms with Crippen molar-refractivity contribution in [2.75, 3.05) is 0 Å². The van der Waals surface area contributed by atoms with Gasteiger partial charge in [0.05, 0.1) is 12.1 Å². The molecule has 8 nitrogen and oxygen atoms in total. The summed E-state index contributed by atoms with van der Waals surface area (Å²) < 4.78 is 6.89. The monoisotopic (exact) mass is 251 g/mol. The smallest absolute Gasteiger partial charge is 0.303 e. The molecule has 0 aromatic carbocycles. The Morgan fingerprint density at radius 2 is 2.17 bits per heavy atom. The molecule has 2 aromatic heterocycles. The van der Waals surface area contributed by atoms with Crippen LogP contribution in [0.5, 0.6) is 0 Å². The van der Waals surface area contributed by atoms with Crippen molar-refractivity contribution < 1.29 is 14.3 Å². The highest BCUT2D eigenvalue weighted by Crippen LogP contribution is 2.04. The summed E-state index contributed by atoms with van der Waals surface area (Å²) in [5.74, 6) is 0.187. The second-order valence-corrected chi connectivity index (χ2v) is 3.74. The maximum absolute atomic E-state index is 10.4. The van der Waals surface area contributed by atoms with Gasteiger partial charge in [0.2, 0.25) is 11.8 Å². The fraction of sp³-hybridized carbons (Fsp3) is 0.500. The van der Waals surface area contributed by atoms with Crippen molar-refractivity contribution >= 4 is 5.97 Å². The SMILES string of the molecule is CCc1nnc(Cn2cc(CCC(=O)O)nn2)o1. The lowest BCUT2D eigenvalue weighted by atomic mass is 10.2. The highest BCUT2D eigenvalue weighted by Gasteiger charge is 2.08. The van der Waals surface area contributed by atoms with Crippen LogP contribution >= 0.6 is 0 Å². The number of aryl methyl sites for hydroxylation is 2. The lowest BCUT2D eigenvalue weighted by molar-refractivity contribution is -0.136. The second-order valence-electron chi connectivity index (χ2n) is 3.74. The summed E-state index contributed by atoms with van der Waals surface area (Å²) in [5.41, 5.74) is 0.632. The van der Waals surface area contributed by atoms with Gasteiger partial charge in [0.25, 0.3) is 0 Å². The first-order chi connectivity index (χ1) is 8.67. The summed E-state index contributed by atoms with van der Waals surface area (Å²) in [4.78, 5) is 10.4. The number of carboxylic acid groups (broad SMARTS) is 1. The molecule has 0 radical (unpaired) electrons. The van der Waals surface area contributed by atoms with Crippen molar-refractivity contribution in [1.29, 1.82) is 0 Å². The molecule has 0 spiro atoms. The standard InChI is InChI=1S/C10H13N5O3/c1-2-8-12-13-9(18-8)6-15-5-7(11-14-15)3-4-10(16)17/h5H,2-4,6H2,1H3,(H,16,17). The topological polar surface area (TPSA) is 107 Å². The highest BCUT2D eigenvalue weighted by atomic mass is 16.4. The molecule has 0 aliphatic rings. The molecule has 0 saturated carbocycles. The van der Waals surface area contributed by atoms with Crippen LogP contribution in [0.25, 0.3) is 0 Å². The van der Waals surface area contributed by atoms with E-state index in [1.165, 1.54) is 0 Å². The summed E-state index contributed by atoms with van der Waals surface area (Å²) in [6.07, 6.45) is 2.77. The van der Waals surface area contributed by atoms with Crippen LogP contribution in [0.1, 0.15) is 30.8 Å². The first kappa shape index (κ1) is 12.2. The predicted octanol–water partition coefficient (Wildman–Crippen LogP) is 0.289. The van der Waals surface area contributed by atoms with Gasteiger partial charge in [-0.3, -0.25) is 4.79 Å². The van der Waals surface area contributed by atoms with Crippen LogP contribution in [0.4, 0.5) is 0 Å². The van der Waals surface area contributed by atoms with Crippen molar-refractivity contribution in [3.05, 3.63) is 23.7 Å². The van der Waals surface area contributed by atoms with Crippen LogP contribution in [0.15, 0.2) is 10.6 Å². The number of rotatable bonds is 6. The Balaban J connectivity index is 1.95. The Kier molecular flexibility index (Phi) is 3.66. The van der Waals surface area contributed by atoms with Crippen molar-refractivity contribution in [2.45, 2.75) is 32.7 Å². The van der Waals surface area contributed by atoms with E-state index in [0.29, 0.717) is 36.9 Å². The van der Waals surface area contributed by atoms with Gasteiger partial charge in [-0.2, -0.15) is 0 Å². The number of hydrogen-bond acceptors (Lipinski definition) is 6. The van der Waals surface area contributed by atoms with Gasteiger partial charge in [-0.1, -0.05) is 12.1 Å². The zero-order valence-corrected chi connectivity index (χ0v) is 9.91. The van der Waals surface area contributed by atoms with E-state index >= 15 is 0 Å². The number of nitrogens with zero attached hydrogens (tertiary/aromatic N) is 5. The Bertz CT molecular complexity index is 533. The Morgan fingerprint density at radius 3 is 2.83 bits per heavy atom. The second kappa shape index (κ2) is 5.39. The maximum atomic E-state index is 10.4. The van der Waals surface area contributed by atoms with Crippen molar-refractivity contribution in [3.8, 4) is 0 Å². The lowest BCUT2D eigenvalue weighted by Gasteiger charge is -1.93. The van der Waals surface area contributed by atoms with Crippen LogP contribution in [0.2, 0.25) is 0 Å². The van der Waals surface area contributed by atoms with E-state index in [4.69, 9.17) is 9.52 Å². The number of carboxylic acids is 1. The first-order valence-corrected chi connectivity index (χ1v) is 5.59. The minimum Gasteiger partial charge on any atom is -0.481 e. The lowest BCUT2D eigenvalue weighted by Crippen LogP contribution is -2.00. The fourth-order valence-corrected chi connectivity index (χ4v) is 1.40. The zero-order valence-electron chi connectivity index (χ0n) is 9.91. The average Bonchev–Trinajstić information content (AvgIpc) is 2.96. The average molecular weight is 251 g/mol. The number of hydrogen-bond donors (Lipinski definition) is 1. The quantitative estimate of drug-likeness (QED) is 0.786. The third kappa shape index (κ3) is 3.12. The molecule has 2 aromatic rings. The highest BCUT2D eigenvalue weighted by molar-refractivity contribution is 5.66. The van der Waals surface area contributed by atoms with Gasteiger partial charge in [-0.15, -0.1) is 15.3 Å². The molecule has 0 aliphatic heterocycles. The third-order valence-electron chi connectivity index (χ3n) is 2.29. The summed E-state index contributed by atoms with van der Waals surface area (Å²) in [7, 11) is 0. The molecule has 0 unspecified atom stereocenters. The fourth-order valence-electron chi connectivity index (χ4n) is 1.40. The van der Waals surface area contributed by atoms with Crippen molar-refractivity contribution in [1.82, 2.24) is 25.2 Å². The van der Waals surface area contributed by atoms with Gasteiger partial charge in [0.1, 0.15) is 6.54 Å². The molecular formula is C10H13N5O3. The summed E-state index contributed by atoms with van der Waals surface area (Å²) in [6.45, 7) is 2.27. The van der Waals surface area contributed by atoms with Gasteiger partial charge in [0.15, 0.2) is 0 Å². The molecule has 18 heavy (non-hydrogen) atoms. The predicted molar refractivity (Wildman–Crippen MR) is 58.8 cm³/mol. The van der Waals surface area contributed by atoms with Crippen LogP contribution in [0.3, 0.4) is 0 Å². The van der Waals surface area contributed by atoms with Gasteiger partial charge in [0, 0.05) is 19.0 Å². The molecule has 1 N–H and O–H groups in total. The van der Waals surface area contributed by atoms with E-state index in [0.717, 1.165) is 0 Å². The van der Waals surface area contributed by atoms with Crippen molar-refractivity contribution in [2.24, 2.45) is 0 Å². The van der Waals surface area contributed by atoms with E-state index in [1.54, 1.807) is 10.9 Å². The van der Waals surface area contributed by atoms with Crippen LogP contribution in [0, 0.1) is 0 Å². The van der Waals surface area contributed by atoms with Gasteiger partial charge in [-0.25, -0.2) is 4.68 Å². The van der Waals surface area contributed by atoms with E-state index in [9.17, 15) is 4.79 Å². The van der Waals surface area contributed by atoms with Crippen molar-refractivity contribution in [3.63, 3.8) is 0 Å². The normalized spacial score (nSPS) is 10.7. The third-order valence-corrected chi connectivity index (χ3v) is 2.29. The molecule has 0 amide bonds. The molecular weight excluding hydrogens is 238 g/mol. The maximum Gasteiger partial charge on any atom is 0.303 e. The largest absolute Gasteiger partial charge is 0.481 e. The molecule has 0 fully saturated rings. The summed E-state index contributed by atoms with van der Waals surface area (Å²) in [6, 6.07) is 0. The van der Waals surface area contributed by atoms with Crippen LogP contribution in [-0.4, -0.2) is 36.3 Å². The number of carbonyl (C=O) groups is 1. The molecule has 2 heterocycles. The minimum atomic E-state index is -0.853. The molecule has 8 heteroatoms. The zero-order chi connectivity index (χ0) is 13.0.